The van der Waals surface area contributed by atoms with Gasteiger partial charge in [-0.2, -0.15) is 9.90 Å². The molecule has 0 aliphatic carbocycles. The minimum Gasteiger partial charge on any atom is -0.377 e. The van der Waals surface area contributed by atoms with E-state index in [1.54, 1.807) is 37.3 Å². The first-order valence-electron chi connectivity index (χ1n) is 9.78. The number of aromatic nitrogens is 3. The number of rotatable bonds is 6. The van der Waals surface area contributed by atoms with Crippen molar-refractivity contribution in [1.29, 1.82) is 0 Å². The predicted octanol–water partition coefficient (Wildman–Crippen LogP) is 2.42. The number of nitrogens with one attached hydrogen (secondary N) is 2. The molecule has 0 atom stereocenters. The van der Waals surface area contributed by atoms with Crippen LogP contribution in [0.4, 0.5) is 5.69 Å². The predicted molar refractivity (Wildman–Crippen MR) is 122 cm³/mol. The van der Waals surface area contributed by atoms with Crippen LogP contribution >= 0.6 is 0 Å². The van der Waals surface area contributed by atoms with Gasteiger partial charge in [0.1, 0.15) is 0 Å². The summed E-state index contributed by atoms with van der Waals surface area (Å²) in [6.07, 6.45) is 0. The van der Waals surface area contributed by atoms with Gasteiger partial charge in [-0.3, -0.25) is 10.2 Å². The lowest BCUT2D eigenvalue weighted by Crippen LogP contribution is -2.42. The average Bonchev–Trinajstić information content (AvgIpc) is 3.19. The lowest BCUT2D eigenvalue weighted by Gasteiger charge is -2.17. The highest BCUT2D eigenvalue weighted by Crippen LogP contribution is 2.29. The maximum atomic E-state index is 13.0. The smallest absolute Gasteiger partial charge is 0.288 e. The second-order valence-corrected chi connectivity index (χ2v) is 8.99. The number of benzene rings is 3. The van der Waals surface area contributed by atoms with Crippen LogP contribution in [0, 0.1) is 6.92 Å². The number of carbonyl (C=O) groups excluding carboxylic acids is 1. The van der Waals surface area contributed by atoms with Crippen molar-refractivity contribution in [3.8, 4) is 5.69 Å². The molecule has 32 heavy (non-hydrogen) atoms. The summed E-state index contributed by atoms with van der Waals surface area (Å²) in [4.78, 5) is 18.1. The van der Waals surface area contributed by atoms with Gasteiger partial charge in [0.15, 0.2) is 5.69 Å². The molecule has 10 heteroatoms. The maximum absolute atomic E-state index is 13.0. The van der Waals surface area contributed by atoms with E-state index in [2.05, 4.69) is 20.5 Å². The highest BCUT2D eigenvalue weighted by molar-refractivity contribution is 7.89. The minimum absolute atomic E-state index is 0.0179. The fourth-order valence-corrected chi connectivity index (χ4v) is 4.44. The van der Waals surface area contributed by atoms with E-state index in [0.29, 0.717) is 16.8 Å². The Morgan fingerprint density at radius 3 is 2.31 bits per heavy atom. The van der Waals surface area contributed by atoms with Crippen LogP contribution in [0.1, 0.15) is 16.2 Å². The zero-order chi connectivity index (χ0) is 22.9. The van der Waals surface area contributed by atoms with E-state index in [9.17, 15) is 13.2 Å². The lowest BCUT2D eigenvalue weighted by atomic mass is 10.1. The Morgan fingerprint density at radius 1 is 0.906 bits per heavy atom. The van der Waals surface area contributed by atoms with Crippen LogP contribution in [0.2, 0.25) is 0 Å². The fraction of sp³-hybridized carbons (Fsp3) is 0.136. The molecule has 0 unspecified atom stereocenters. The first-order chi connectivity index (χ1) is 15.3. The van der Waals surface area contributed by atoms with Gasteiger partial charge in [-0.25, -0.2) is 8.42 Å². The van der Waals surface area contributed by atoms with E-state index in [0.717, 1.165) is 11.1 Å². The molecule has 0 aliphatic heterocycles. The number of para-hydroxylation sites is 1. The summed E-state index contributed by atoms with van der Waals surface area (Å²) < 4.78 is 26.0. The van der Waals surface area contributed by atoms with Crippen molar-refractivity contribution < 1.29 is 13.2 Å². The van der Waals surface area contributed by atoms with Gasteiger partial charge in [0, 0.05) is 30.6 Å². The molecule has 1 heterocycles. The van der Waals surface area contributed by atoms with E-state index in [1.165, 1.54) is 10.9 Å². The topological polar surface area (TPSA) is 109 Å². The van der Waals surface area contributed by atoms with Crippen LogP contribution in [0.15, 0.2) is 71.6 Å². The summed E-state index contributed by atoms with van der Waals surface area (Å²) in [6, 6.07) is 19.6. The Labute approximate surface area is 185 Å². The van der Waals surface area contributed by atoms with Crippen molar-refractivity contribution in [3.63, 3.8) is 0 Å². The molecule has 1 aromatic heterocycles. The Kier molecular flexibility index (Phi) is 5.64. The normalized spacial score (nSPS) is 11.5. The summed E-state index contributed by atoms with van der Waals surface area (Å²) in [5, 5.41) is 9.76. The second-order valence-electron chi connectivity index (χ2n) is 7.34. The third kappa shape index (κ3) is 4.05. The highest BCUT2D eigenvalue weighted by Gasteiger charge is 2.22. The molecule has 0 aliphatic rings. The lowest BCUT2D eigenvalue weighted by molar-refractivity contribution is 0.0939. The van der Waals surface area contributed by atoms with Gasteiger partial charge in [0.2, 0.25) is 0 Å². The Bertz CT molecular complexity index is 1400. The summed E-state index contributed by atoms with van der Waals surface area (Å²) in [5.41, 5.74) is 4.20. The molecule has 0 radical (unpaired) electrons. The second kappa shape index (κ2) is 8.40. The van der Waals surface area contributed by atoms with Gasteiger partial charge in [-0.1, -0.05) is 42.5 Å². The number of hydrazine groups is 1. The molecular formula is C22H22N6O3S. The molecule has 0 fully saturated rings. The number of aryl methyl sites for hydroxylation is 1. The number of nitrogens with zero attached hydrogens (tertiary/aromatic N) is 4. The molecular weight excluding hydrogens is 428 g/mol. The van der Waals surface area contributed by atoms with Gasteiger partial charge in [0.25, 0.3) is 15.9 Å². The van der Waals surface area contributed by atoms with Crippen LogP contribution in [0.3, 0.4) is 0 Å². The van der Waals surface area contributed by atoms with E-state index in [4.69, 9.17) is 0 Å². The third-order valence-electron chi connectivity index (χ3n) is 4.91. The molecule has 0 spiro atoms. The molecule has 4 rings (SSSR count). The highest BCUT2D eigenvalue weighted by atomic mass is 32.2. The largest absolute Gasteiger partial charge is 0.377 e. The zero-order valence-electron chi connectivity index (χ0n) is 17.8. The number of anilines is 1. The van der Waals surface area contributed by atoms with Gasteiger partial charge in [0.05, 0.1) is 16.3 Å². The summed E-state index contributed by atoms with van der Waals surface area (Å²) >= 11 is 0. The van der Waals surface area contributed by atoms with Crippen molar-refractivity contribution in [2.24, 2.45) is 0 Å². The van der Waals surface area contributed by atoms with Gasteiger partial charge in [-0.15, -0.1) is 9.93 Å². The van der Waals surface area contributed by atoms with E-state index < -0.39 is 15.9 Å². The zero-order valence-corrected chi connectivity index (χ0v) is 18.6. The van der Waals surface area contributed by atoms with Crippen LogP contribution in [-0.4, -0.2) is 43.4 Å². The number of sulfonamides is 1. The number of hydrogen-bond donors (Lipinski definition) is 2. The molecule has 9 nitrogen and oxygen atoms in total. The number of hydrogen-bond acceptors (Lipinski definition) is 6. The third-order valence-corrected chi connectivity index (χ3v) is 6.22. The van der Waals surface area contributed by atoms with Crippen molar-refractivity contribution in [3.05, 3.63) is 78.1 Å². The molecule has 4 aromatic rings. The van der Waals surface area contributed by atoms with Crippen LogP contribution in [0.5, 0.6) is 0 Å². The summed E-state index contributed by atoms with van der Waals surface area (Å²) in [7, 11) is -0.270. The molecule has 2 N–H and O–H groups in total. The molecule has 3 aromatic carbocycles. The standard InChI is InChI=1S/C22H22N6O3S/c1-15-21(25-28(24-15)16-9-5-4-6-10-16)22(29)23-26-32(30,31)20-14-8-11-17-18(20)12-7-13-19(17)27(2)3/h4-14,26H,1-3H3,(H,23,29). The quantitative estimate of drug-likeness (QED) is 0.437. The van der Waals surface area contributed by atoms with Crippen LogP contribution < -0.4 is 15.2 Å². The first kappa shape index (κ1) is 21.5. The molecule has 0 saturated carbocycles. The van der Waals surface area contributed by atoms with Crippen molar-refractivity contribution in [2.45, 2.75) is 11.8 Å². The summed E-state index contributed by atoms with van der Waals surface area (Å²) in [6.45, 7) is 1.63. The Morgan fingerprint density at radius 2 is 1.59 bits per heavy atom. The number of fused-ring (bicyclic) bond motifs is 1. The van der Waals surface area contributed by atoms with E-state index in [-0.39, 0.29) is 10.6 Å². The van der Waals surface area contributed by atoms with Crippen LogP contribution in [0.25, 0.3) is 16.5 Å². The molecule has 1 amide bonds. The molecule has 0 saturated heterocycles. The van der Waals surface area contributed by atoms with Crippen molar-refractivity contribution in [2.75, 3.05) is 19.0 Å². The van der Waals surface area contributed by atoms with Crippen LogP contribution in [-0.2, 0) is 10.0 Å². The Balaban J connectivity index is 1.59. The van der Waals surface area contributed by atoms with Gasteiger partial charge >= 0.3 is 0 Å². The molecule has 164 valence electrons. The maximum Gasteiger partial charge on any atom is 0.288 e. The number of carbonyl (C=O) groups is 1. The fourth-order valence-electron chi connectivity index (χ4n) is 3.38. The summed E-state index contributed by atoms with van der Waals surface area (Å²) in [5.74, 6) is -0.706. The van der Waals surface area contributed by atoms with Gasteiger partial charge < -0.3 is 4.90 Å². The van der Waals surface area contributed by atoms with E-state index in [1.807, 2.05) is 49.3 Å². The van der Waals surface area contributed by atoms with Crippen molar-refractivity contribution in [1.82, 2.24) is 25.3 Å². The monoisotopic (exact) mass is 450 g/mol. The average molecular weight is 451 g/mol. The Hall–Kier alpha value is -3.76. The number of amides is 1. The minimum atomic E-state index is -4.05. The first-order valence-corrected chi connectivity index (χ1v) is 11.3. The van der Waals surface area contributed by atoms with Gasteiger partial charge in [-0.05, 0) is 31.2 Å². The molecule has 0 bridgehead atoms. The SMILES string of the molecule is Cc1nn(-c2ccccc2)nc1C(=O)NNS(=O)(=O)c1cccc2c(N(C)C)cccc12. The van der Waals surface area contributed by atoms with Crippen molar-refractivity contribution >= 4 is 32.4 Å². The van der Waals surface area contributed by atoms with E-state index >= 15 is 0 Å².